The average Bonchev–Trinajstić information content (AvgIpc) is 2.65. The standard InChI is InChI=1S/C10H18ClN3O2S/c1-4-10(2,5-6-11)13-17(15,16)9-7-12-14(3)8-9/h7-8,13H,4-6H2,1-3H3. The van der Waals surface area contributed by atoms with Crippen molar-refractivity contribution in [3.05, 3.63) is 12.4 Å². The minimum absolute atomic E-state index is 0.175. The number of alkyl halides is 1. The van der Waals surface area contributed by atoms with E-state index < -0.39 is 15.6 Å². The quantitative estimate of drug-likeness (QED) is 0.803. The van der Waals surface area contributed by atoms with E-state index >= 15 is 0 Å². The summed E-state index contributed by atoms with van der Waals surface area (Å²) in [6, 6.07) is 0. The van der Waals surface area contributed by atoms with Gasteiger partial charge in [0.15, 0.2) is 0 Å². The Kier molecular flexibility index (Phi) is 4.57. The molecule has 0 amide bonds. The smallest absolute Gasteiger partial charge is 0.244 e. The summed E-state index contributed by atoms with van der Waals surface area (Å²) in [5, 5.41) is 3.86. The summed E-state index contributed by atoms with van der Waals surface area (Å²) in [6.45, 7) is 3.78. The van der Waals surface area contributed by atoms with Crippen LogP contribution in [0, 0.1) is 0 Å². The van der Waals surface area contributed by atoms with Crippen LogP contribution in [0.4, 0.5) is 0 Å². The predicted octanol–water partition coefficient (Wildman–Crippen LogP) is 1.50. The normalized spacial score (nSPS) is 15.8. The van der Waals surface area contributed by atoms with Gasteiger partial charge in [-0.2, -0.15) is 5.10 Å². The van der Waals surface area contributed by atoms with Gasteiger partial charge in [0.2, 0.25) is 10.0 Å². The highest BCUT2D eigenvalue weighted by Gasteiger charge is 2.29. The molecule has 0 aliphatic rings. The Hall–Kier alpha value is -0.590. The lowest BCUT2D eigenvalue weighted by Gasteiger charge is -2.28. The van der Waals surface area contributed by atoms with E-state index in [2.05, 4.69) is 9.82 Å². The summed E-state index contributed by atoms with van der Waals surface area (Å²) >= 11 is 5.69. The van der Waals surface area contributed by atoms with Crippen LogP contribution in [0.2, 0.25) is 0 Å². The van der Waals surface area contributed by atoms with Crippen LogP contribution in [0.25, 0.3) is 0 Å². The minimum atomic E-state index is -3.52. The fraction of sp³-hybridized carbons (Fsp3) is 0.700. The lowest BCUT2D eigenvalue weighted by molar-refractivity contribution is 0.390. The molecule has 1 rings (SSSR count). The molecule has 1 atom stereocenters. The molecule has 0 bridgehead atoms. The molecule has 1 N–H and O–H groups in total. The van der Waals surface area contributed by atoms with E-state index in [4.69, 9.17) is 11.6 Å². The summed E-state index contributed by atoms with van der Waals surface area (Å²) in [6.07, 6.45) is 4.07. The topological polar surface area (TPSA) is 64.0 Å². The number of hydrogen-bond acceptors (Lipinski definition) is 3. The van der Waals surface area contributed by atoms with E-state index in [0.29, 0.717) is 18.7 Å². The van der Waals surface area contributed by atoms with Gasteiger partial charge in [0.1, 0.15) is 4.90 Å². The van der Waals surface area contributed by atoms with Crippen molar-refractivity contribution in [2.45, 2.75) is 37.1 Å². The molecular formula is C10H18ClN3O2S. The molecule has 0 saturated heterocycles. The van der Waals surface area contributed by atoms with E-state index in [9.17, 15) is 8.42 Å². The van der Waals surface area contributed by atoms with Crippen molar-refractivity contribution in [2.24, 2.45) is 7.05 Å². The summed E-state index contributed by atoms with van der Waals surface area (Å²) < 4.78 is 28.3. The van der Waals surface area contributed by atoms with Crippen LogP contribution in [0.15, 0.2) is 17.3 Å². The Labute approximate surface area is 107 Å². The van der Waals surface area contributed by atoms with Crippen LogP contribution < -0.4 is 4.72 Å². The molecule has 0 saturated carbocycles. The average molecular weight is 280 g/mol. The Morgan fingerprint density at radius 3 is 2.65 bits per heavy atom. The molecule has 0 fully saturated rings. The first-order valence-corrected chi connectivity index (χ1v) is 7.43. The third-order valence-electron chi connectivity index (χ3n) is 2.80. The Morgan fingerprint density at radius 1 is 1.59 bits per heavy atom. The van der Waals surface area contributed by atoms with Crippen LogP contribution in [-0.2, 0) is 17.1 Å². The van der Waals surface area contributed by atoms with Crippen molar-refractivity contribution < 1.29 is 8.42 Å². The van der Waals surface area contributed by atoms with Gasteiger partial charge in [0.25, 0.3) is 0 Å². The largest absolute Gasteiger partial charge is 0.274 e. The predicted molar refractivity (Wildman–Crippen MR) is 67.6 cm³/mol. The highest BCUT2D eigenvalue weighted by molar-refractivity contribution is 7.89. The molecule has 0 spiro atoms. The zero-order valence-electron chi connectivity index (χ0n) is 10.3. The van der Waals surface area contributed by atoms with Gasteiger partial charge in [0.05, 0.1) is 6.20 Å². The molecule has 0 radical (unpaired) electrons. The molecule has 0 aromatic carbocycles. The van der Waals surface area contributed by atoms with Gasteiger partial charge in [0, 0.05) is 24.7 Å². The monoisotopic (exact) mass is 279 g/mol. The fourth-order valence-electron chi connectivity index (χ4n) is 1.43. The van der Waals surface area contributed by atoms with Crippen LogP contribution in [0.5, 0.6) is 0 Å². The number of halogens is 1. The number of rotatable bonds is 6. The molecule has 17 heavy (non-hydrogen) atoms. The molecule has 1 aromatic rings. The summed E-state index contributed by atoms with van der Waals surface area (Å²) in [7, 11) is -1.85. The Bertz CT molecular complexity index is 472. The van der Waals surface area contributed by atoms with Crippen molar-refractivity contribution in [3.63, 3.8) is 0 Å². The third kappa shape index (κ3) is 3.69. The lowest BCUT2D eigenvalue weighted by Crippen LogP contribution is -2.45. The highest BCUT2D eigenvalue weighted by Crippen LogP contribution is 2.19. The minimum Gasteiger partial charge on any atom is -0.274 e. The molecule has 1 heterocycles. The SMILES string of the molecule is CCC(C)(CCCl)NS(=O)(=O)c1cnn(C)c1. The van der Waals surface area contributed by atoms with Gasteiger partial charge in [-0.1, -0.05) is 6.92 Å². The van der Waals surface area contributed by atoms with E-state index in [1.54, 1.807) is 7.05 Å². The van der Waals surface area contributed by atoms with E-state index in [-0.39, 0.29) is 4.90 Å². The van der Waals surface area contributed by atoms with Gasteiger partial charge in [-0.3, -0.25) is 4.68 Å². The zero-order chi connectivity index (χ0) is 13.1. The van der Waals surface area contributed by atoms with Crippen molar-refractivity contribution in [2.75, 3.05) is 5.88 Å². The van der Waals surface area contributed by atoms with Gasteiger partial charge in [-0.25, -0.2) is 13.1 Å². The number of nitrogens with one attached hydrogen (secondary N) is 1. The first-order chi connectivity index (χ1) is 7.83. The Balaban J connectivity index is 2.93. The number of hydrogen-bond donors (Lipinski definition) is 1. The molecule has 0 aliphatic heterocycles. The van der Waals surface area contributed by atoms with Crippen LogP contribution >= 0.6 is 11.6 Å². The van der Waals surface area contributed by atoms with Crippen LogP contribution in [0.1, 0.15) is 26.7 Å². The van der Waals surface area contributed by atoms with E-state index in [0.717, 1.165) is 0 Å². The van der Waals surface area contributed by atoms with Crippen LogP contribution in [-0.4, -0.2) is 29.6 Å². The molecule has 1 unspecified atom stereocenters. The van der Waals surface area contributed by atoms with Crippen molar-refractivity contribution >= 4 is 21.6 Å². The third-order valence-corrected chi connectivity index (χ3v) is 4.58. The molecule has 5 nitrogen and oxygen atoms in total. The Morgan fingerprint density at radius 2 is 2.24 bits per heavy atom. The van der Waals surface area contributed by atoms with Crippen molar-refractivity contribution in [1.29, 1.82) is 0 Å². The first kappa shape index (κ1) is 14.5. The highest BCUT2D eigenvalue weighted by atomic mass is 35.5. The van der Waals surface area contributed by atoms with E-state index in [1.165, 1.54) is 17.1 Å². The zero-order valence-corrected chi connectivity index (χ0v) is 11.8. The van der Waals surface area contributed by atoms with E-state index in [1.807, 2.05) is 13.8 Å². The number of aromatic nitrogens is 2. The maximum absolute atomic E-state index is 12.1. The van der Waals surface area contributed by atoms with Gasteiger partial charge >= 0.3 is 0 Å². The summed E-state index contributed by atoms with van der Waals surface area (Å²) in [5.41, 5.74) is -0.517. The second kappa shape index (κ2) is 5.37. The first-order valence-electron chi connectivity index (χ1n) is 5.41. The van der Waals surface area contributed by atoms with Gasteiger partial charge in [-0.05, 0) is 19.8 Å². The molecule has 1 aromatic heterocycles. The number of nitrogens with zero attached hydrogens (tertiary/aromatic N) is 2. The second-order valence-corrected chi connectivity index (χ2v) is 6.37. The number of sulfonamides is 1. The fourth-order valence-corrected chi connectivity index (χ4v) is 3.34. The summed E-state index contributed by atoms with van der Waals surface area (Å²) in [5.74, 6) is 0.417. The maximum atomic E-state index is 12.1. The second-order valence-electron chi connectivity index (χ2n) is 4.31. The molecular weight excluding hydrogens is 262 g/mol. The molecule has 98 valence electrons. The molecule has 0 aliphatic carbocycles. The van der Waals surface area contributed by atoms with Crippen molar-refractivity contribution in [1.82, 2.24) is 14.5 Å². The van der Waals surface area contributed by atoms with Gasteiger partial charge in [-0.15, -0.1) is 11.6 Å². The van der Waals surface area contributed by atoms with Crippen LogP contribution in [0.3, 0.4) is 0 Å². The maximum Gasteiger partial charge on any atom is 0.244 e. The lowest BCUT2D eigenvalue weighted by atomic mass is 9.97. The summed E-state index contributed by atoms with van der Waals surface area (Å²) in [4.78, 5) is 0.175. The molecule has 7 heteroatoms. The van der Waals surface area contributed by atoms with Crippen molar-refractivity contribution in [3.8, 4) is 0 Å². The number of aryl methyl sites for hydroxylation is 1. The van der Waals surface area contributed by atoms with Gasteiger partial charge < -0.3 is 0 Å².